The highest BCUT2D eigenvalue weighted by Crippen LogP contribution is 2.25. The van der Waals surface area contributed by atoms with Crippen LogP contribution in [0.4, 0.5) is 10.3 Å². The predicted molar refractivity (Wildman–Crippen MR) is 110 cm³/mol. The van der Waals surface area contributed by atoms with Crippen LogP contribution in [-0.4, -0.2) is 35.3 Å². The molecule has 4 heterocycles. The number of rotatable bonds is 5. The second-order valence-electron chi connectivity index (χ2n) is 6.41. The molecule has 148 valence electrons. The smallest absolute Gasteiger partial charge is 0.263 e. The number of hydrogen-bond acceptors (Lipinski definition) is 6. The predicted octanol–water partition coefficient (Wildman–Crippen LogP) is 3.49. The average Bonchev–Trinajstić information content (AvgIpc) is 3.50. The molecule has 0 aliphatic rings. The summed E-state index contributed by atoms with van der Waals surface area (Å²) in [6.07, 6.45) is 4.54. The number of nitrogens with one attached hydrogen (secondary N) is 1. The molecular weight excluding hydrogens is 405 g/mol. The Morgan fingerprint density at radius 1 is 1.13 bits per heavy atom. The summed E-state index contributed by atoms with van der Waals surface area (Å²) in [5, 5.41) is 13.1. The minimum atomic E-state index is -0.426. The number of fused-ring (bicyclic) bond motifs is 1. The number of carbonyl (C=O) groups is 1. The van der Waals surface area contributed by atoms with Gasteiger partial charge in [0.05, 0.1) is 23.3 Å². The third-order valence-corrected chi connectivity index (χ3v) is 5.36. The standard InChI is InChI=1S/C20H14FN7OS/c21-15-5-2-1-4-13(15)11-27-12-23-20(26-27)25-19(29)14-10-24-28-16(7-8-22-18(14)28)17-6-3-9-30-17/h1-10,12H,11H2,(H,25,26,29). The summed E-state index contributed by atoms with van der Waals surface area (Å²) in [4.78, 5) is 22.2. The van der Waals surface area contributed by atoms with E-state index in [-0.39, 0.29) is 18.3 Å². The highest BCUT2D eigenvalue weighted by molar-refractivity contribution is 7.13. The SMILES string of the molecule is O=C(Nc1ncn(Cc2ccccc2F)n1)c1cnn2c(-c3cccs3)ccnc12. The molecule has 10 heteroatoms. The summed E-state index contributed by atoms with van der Waals surface area (Å²) in [6.45, 7) is 0.206. The zero-order valence-electron chi connectivity index (χ0n) is 15.4. The van der Waals surface area contributed by atoms with Gasteiger partial charge in [-0.25, -0.2) is 23.6 Å². The number of benzene rings is 1. The van der Waals surface area contributed by atoms with E-state index in [1.807, 2.05) is 23.6 Å². The Morgan fingerprint density at radius 2 is 2.03 bits per heavy atom. The van der Waals surface area contributed by atoms with E-state index < -0.39 is 5.91 Å². The van der Waals surface area contributed by atoms with Crippen molar-refractivity contribution in [3.63, 3.8) is 0 Å². The first-order chi connectivity index (χ1) is 14.7. The van der Waals surface area contributed by atoms with Crippen molar-refractivity contribution in [1.82, 2.24) is 29.4 Å². The van der Waals surface area contributed by atoms with Crippen molar-refractivity contribution in [1.29, 1.82) is 0 Å². The molecule has 0 atom stereocenters. The lowest BCUT2D eigenvalue weighted by molar-refractivity contribution is 0.102. The molecule has 5 aromatic rings. The fourth-order valence-electron chi connectivity index (χ4n) is 3.06. The van der Waals surface area contributed by atoms with Gasteiger partial charge in [-0.15, -0.1) is 16.4 Å². The molecule has 0 saturated carbocycles. The van der Waals surface area contributed by atoms with Gasteiger partial charge in [0.2, 0.25) is 5.95 Å². The number of carbonyl (C=O) groups excluding carboxylic acids is 1. The number of hydrogen-bond donors (Lipinski definition) is 1. The lowest BCUT2D eigenvalue weighted by Gasteiger charge is -2.03. The van der Waals surface area contributed by atoms with Gasteiger partial charge in [-0.2, -0.15) is 5.10 Å². The molecule has 0 radical (unpaired) electrons. The van der Waals surface area contributed by atoms with Gasteiger partial charge in [0, 0.05) is 11.8 Å². The van der Waals surface area contributed by atoms with Crippen LogP contribution >= 0.6 is 11.3 Å². The summed E-state index contributed by atoms with van der Waals surface area (Å²) in [7, 11) is 0. The fourth-order valence-corrected chi connectivity index (χ4v) is 3.80. The van der Waals surface area contributed by atoms with Crippen molar-refractivity contribution in [2.24, 2.45) is 0 Å². The molecule has 4 aromatic heterocycles. The molecule has 1 N–H and O–H groups in total. The highest BCUT2D eigenvalue weighted by atomic mass is 32.1. The zero-order valence-corrected chi connectivity index (χ0v) is 16.3. The second-order valence-corrected chi connectivity index (χ2v) is 7.36. The van der Waals surface area contributed by atoms with Crippen LogP contribution in [0, 0.1) is 5.82 Å². The first-order valence-corrected chi connectivity index (χ1v) is 9.88. The van der Waals surface area contributed by atoms with Gasteiger partial charge in [0.15, 0.2) is 5.65 Å². The summed E-state index contributed by atoms with van der Waals surface area (Å²) >= 11 is 1.58. The van der Waals surface area contributed by atoms with Crippen molar-refractivity contribution in [3.05, 3.63) is 83.5 Å². The van der Waals surface area contributed by atoms with E-state index >= 15 is 0 Å². The van der Waals surface area contributed by atoms with Gasteiger partial charge in [-0.1, -0.05) is 24.3 Å². The molecule has 8 nitrogen and oxygen atoms in total. The monoisotopic (exact) mass is 419 g/mol. The summed E-state index contributed by atoms with van der Waals surface area (Å²) in [5.41, 5.74) is 2.07. The van der Waals surface area contributed by atoms with Crippen molar-refractivity contribution in [3.8, 4) is 10.6 Å². The van der Waals surface area contributed by atoms with Gasteiger partial charge >= 0.3 is 0 Å². The largest absolute Gasteiger partial charge is 0.289 e. The normalized spacial score (nSPS) is 11.1. The van der Waals surface area contributed by atoms with Gasteiger partial charge in [-0.3, -0.25) is 10.1 Å². The van der Waals surface area contributed by atoms with Crippen LogP contribution in [0.2, 0.25) is 0 Å². The Hall–Kier alpha value is -3.92. The Bertz CT molecular complexity index is 1340. The first-order valence-electron chi connectivity index (χ1n) is 9.00. The van der Waals surface area contributed by atoms with Crippen molar-refractivity contribution in [2.75, 3.05) is 5.32 Å². The zero-order chi connectivity index (χ0) is 20.5. The van der Waals surface area contributed by atoms with Gasteiger partial charge in [0.1, 0.15) is 17.7 Å². The molecule has 5 rings (SSSR count). The van der Waals surface area contributed by atoms with E-state index in [2.05, 4.69) is 25.5 Å². The quantitative estimate of drug-likeness (QED) is 0.471. The molecule has 1 aromatic carbocycles. The molecule has 0 aliphatic heterocycles. The third-order valence-electron chi connectivity index (χ3n) is 4.47. The van der Waals surface area contributed by atoms with Crippen LogP contribution in [0.5, 0.6) is 0 Å². The number of amides is 1. The van der Waals surface area contributed by atoms with Crippen molar-refractivity contribution in [2.45, 2.75) is 6.54 Å². The van der Waals surface area contributed by atoms with Crippen LogP contribution in [0.25, 0.3) is 16.2 Å². The molecule has 0 unspecified atom stereocenters. The second kappa shape index (κ2) is 7.48. The third kappa shape index (κ3) is 3.33. The number of thiophene rings is 1. The summed E-state index contributed by atoms with van der Waals surface area (Å²) in [6, 6.07) is 12.2. The molecule has 0 fully saturated rings. The maximum Gasteiger partial charge on any atom is 0.263 e. The molecule has 0 spiro atoms. The Labute approximate surface area is 173 Å². The number of nitrogens with zero attached hydrogens (tertiary/aromatic N) is 6. The molecule has 1 amide bonds. The Kier molecular flexibility index (Phi) is 4.52. The number of anilines is 1. The highest BCUT2D eigenvalue weighted by Gasteiger charge is 2.18. The summed E-state index contributed by atoms with van der Waals surface area (Å²) in [5.74, 6) is -0.632. The Balaban J connectivity index is 1.38. The first kappa shape index (κ1) is 18.1. The lowest BCUT2D eigenvalue weighted by Crippen LogP contribution is -2.14. The molecule has 0 aliphatic carbocycles. The van der Waals surface area contributed by atoms with Gasteiger partial charge in [0.25, 0.3) is 5.91 Å². The van der Waals surface area contributed by atoms with Crippen molar-refractivity contribution < 1.29 is 9.18 Å². The number of halogens is 1. The number of aromatic nitrogens is 6. The minimum absolute atomic E-state index is 0.116. The van der Waals surface area contributed by atoms with Crippen LogP contribution in [0.15, 0.2) is 66.6 Å². The lowest BCUT2D eigenvalue weighted by atomic mass is 10.2. The van der Waals surface area contributed by atoms with E-state index in [9.17, 15) is 9.18 Å². The summed E-state index contributed by atoms with van der Waals surface area (Å²) < 4.78 is 16.9. The van der Waals surface area contributed by atoms with Gasteiger partial charge in [-0.05, 0) is 23.6 Å². The molecule has 30 heavy (non-hydrogen) atoms. The van der Waals surface area contributed by atoms with Gasteiger partial charge < -0.3 is 0 Å². The van der Waals surface area contributed by atoms with Crippen molar-refractivity contribution >= 4 is 28.8 Å². The molecular formula is C20H14FN7OS. The van der Waals surface area contributed by atoms with Crippen LogP contribution in [0.1, 0.15) is 15.9 Å². The van der Waals surface area contributed by atoms with Crippen LogP contribution in [0.3, 0.4) is 0 Å². The minimum Gasteiger partial charge on any atom is -0.289 e. The molecule has 0 bridgehead atoms. The van der Waals surface area contributed by atoms with E-state index in [1.54, 1.807) is 40.2 Å². The van der Waals surface area contributed by atoms with E-state index in [0.717, 1.165) is 10.6 Å². The average molecular weight is 419 g/mol. The maximum atomic E-state index is 13.8. The van der Waals surface area contributed by atoms with Crippen LogP contribution < -0.4 is 5.32 Å². The van der Waals surface area contributed by atoms with E-state index in [1.165, 1.54) is 23.3 Å². The van der Waals surface area contributed by atoms with Crippen LogP contribution in [-0.2, 0) is 6.54 Å². The molecule has 0 saturated heterocycles. The maximum absolute atomic E-state index is 13.8. The Morgan fingerprint density at radius 3 is 2.87 bits per heavy atom. The fraction of sp³-hybridized carbons (Fsp3) is 0.0500. The van der Waals surface area contributed by atoms with E-state index in [0.29, 0.717) is 16.8 Å². The topological polar surface area (TPSA) is 90.0 Å². The van der Waals surface area contributed by atoms with E-state index in [4.69, 9.17) is 0 Å².